The van der Waals surface area contributed by atoms with E-state index in [-0.39, 0.29) is 24.4 Å². The highest BCUT2D eigenvalue weighted by atomic mass is 35.5. The Kier molecular flexibility index (Phi) is 7.33. The number of primary amides is 1. The van der Waals surface area contributed by atoms with Crippen molar-refractivity contribution in [1.29, 1.82) is 0 Å². The predicted molar refractivity (Wildman–Crippen MR) is 131 cm³/mol. The average molecular weight is 490 g/mol. The quantitative estimate of drug-likeness (QED) is 0.554. The monoisotopic (exact) mass is 489 g/mol. The number of aryl methyl sites for hydroxylation is 1. The van der Waals surface area contributed by atoms with Crippen LogP contribution < -0.4 is 16.4 Å². The van der Waals surface area contributed by atoms with E-state index < -0.39 is 5.91 Å². The second-order valence-electron chi connectivity index (χ2n) is 8.43. The van der Waals surface area contributed by atoms with E-state index in [4.69, 9.17) is 17.3 Å². The number of carbonyl (C=O) groups is 3. The lowest BCUT2D eigenvalue weighted by atomic mass is 10.1. The van der Waals surface area contributed by atoms with Crippen LogP contribution in [0.3, 0.4) is 0 Å². The fourth-order valence-corrected chi connectivity index (χ4v) is 5.88. The van der Waals surface area contributed by atoms with Crippen molar-refractivity contribution in [3.63, 3.8) is 0 Å². The Morgan fingerprint density at radius 2 is 1.85 bits per heavy atom. The molecule has 0 bridgehead atoms. The van der Waals surface area contributed by atoms with Gasteiger partial charge >= 0.3 is 0 Å². The molecule has 2 aliphatic rings. The minimum Gasteiger partial charge on any atom is -0.365 e. The Morgan fingerprint density at radius 1 is 1.12 bits per heavy atom. The molecule has 0 unspecified atom stereocenters. The number of nitrogens with zero attached hydrogens (tertiary/aromatic N) is 2. The number of hydrogen-bond acceptors (Lipinski definition) is 6. The van der Waals surface area contributed by atoms with Crippen LogP contribution in [0.4, 0.5) is 10.7 Å². The van der Waals surface area contributed by atoms with Gasteiger partial charge in [0.05, 0.1) is 28.9 Å². The summed E-state index contributed by atoms with van der Waals surface area (Å²) < 4.78 is 0. The maximum absolute atomic E-state index is 12.9. The minimum atomic E-state index is -0.485. The van der Waals surface area contributed by atoms with Gasteiger partial charge in [-0.15, -0.1) is 11.3 Å². The zero-order valence-corrected chi connectivity index (χ0v) is 20.1. The summed E-state index contributed by atoms with van der Waals surface area (Å²) in [5, 5.41) is 6.86. The van der Waals surface area contributed by atoms with E-state index in [1.807, 2.05) is 19.1 Å². The Morgan fingerprint density at radius 3 is 2.55 bits per heavy atom. The number of thiophene rings is 1. The lowest BCUT2D eigenvalue weighted by molar-refractivity contribution is -0.122. The lowest BCUT2D eigenvalue weighted by Gasteiger charge is -2.37. The summed E-state index contributed by atoms with van der Waals surface area (Å²) in [5.41, 5.74) is 7.67. The summed E-state index contributed by atoms with van der Waals surface area (Å²) in [6.45, 7) is 4.80. The number of amides is 3. The van der Waals surface area contributed by atoms with Crippen molar-refractivity contribution >= 4 is 51.3 Å². The number of piperazine rings is 1. The summed E-state index contributed by atoms with van der Waals surface area (Å²) in [4.78, 5) is 42.6. The zero-order chi connectivity index (χ0) is 23.5. The van der Waals surface area contributed by atoms with Crippen molar-refractivity contribution in [2.24, 2.45) is 5.73 Å². The molecule has 1 atom stereocenters. The van der Waals surface area contributed by atoms with Crippen molar-refractivity contribution in [2.75, 3.05) is 43.4 Å². The molecule has 2 aromatic rings. The van der Waals surface area contributed by atoms with Crippen LogP contribution in [0.5, 0.6) is 0 Å². The molecule has 1 saturated heterocycles. The number of hydrogen-bond donors (Lipinski definition) is 3. The molecular formula is C23H28ClN5O3S. The molecule has 1 aliphatic carbocycles. The first-order valence-corrected chi connectivity index (χ1v) is 12.3. The van der Waals surface area contributed by atoms with Crippen LogP contribution in [0.15, 0.2) is 24.3 Å². The molecule has 1 aliphatic heterocycles. The van der Waals surface area contributed by atoms with Crippen LogP contribution in [0, 0.1) is 0 Å². The number of rotatable bonds is 7. The van der Waals surface area contributed by atoms with Gasteiger partial charge in [0.1, 0.15) is 5.00 Å². The Bertz CT molecular complexity index is 1060. The van der Waals surface area contributed by atoms with E-state index in [2.05, 4.69) is 20.4 Å². The summed E-state index contributed by atoms with van der Waals surface area (Å²) in [5.74, 6) is -0.754. The molecule has 1 aromatic carbocycles. The minimum absolute atomic E-state index is 0.118. The fraction of sp³-hybridized carbons (Fsp3) is 0.435. The van der Waals surface area contributed by atoms with E-state index in [9.17, 15) is 14.4 Å². The predicted octanol–water partition coefficient (Wildman–Crippen LogP) is 2.57. The molecule has 4 rings (SSSR count). The molecule has 2 heterocycles. The van der Waals surface area contributed by atoms with Gasteiger partial charge in [0, 0.05) is 31.1 Å². The van der Waals surface area contributed by atoms with Crippen LogP contribution in [0.25, 0.3) is 0 Å². The first-order chi connectivity index (χ1) is 15.8. The second kappa shape index (κ2) is 10.2. The smallest absolute Gasteiger partial charge is 0.251 e. The molecule has 4 N–H and O–H groups in total. The summed E-state index contributed by atoms with van der Waals surface area (Å²) in [6, 6.07) is 6.78. The van der Waals surface area contributed by atoms with Crippen molar-refractivity contribution < 1.29 is 14.4 Å². The van der Waals surface area contributed by atoms with Gasteiger partial charge < -0.3 is 16.4 Å². The highest BCUT2D eigenvalue weighted by molar-refractivity contribution is 7.17. The highest BCUT2D eigenvalue weighted by Crippen LogP contribution is 2.39. The third kappa shape index (κ3) is 5.38. The molecule has 0 saturated carbocycles. The van der Waals surface area contributed by atoms with E-state index in [1.54, 1.807) is 12.1 Å². The molecule has 10 heteroatoms. The number of para-hydroxylation sites is 1. The second-order valence-corrected chi connectivity index (χ2v) is 9.94. The fourth-order valence-electron chi connectivity index (χ4n) is 4.40. The van der Waals surface area contributed by atoms with Gasteiger partial charge in [0.25, 0.3) is 5.91 Å². The molecule has 0 spiro atoms. The maximum atomic E-state index is 12.9. The van der Waals surface area contributed by atoms with Gasteiger partial charge in [-0.3, -0.25) is 24.2 Å². The van der Waals surface area contributed by atoms with Crippen molar-refractivity contribution in [3.05, 3.63) is 45.3 Å². The first kappa shape index (κ1) is 23.7. The van der Waals surface area contributed by atoms with Crippen LogP contribution in [-0.2, 0) is 22.4 Å². The van der Waals surface area contributed by atoms with E-state index in [0.29, 0.717) is 47.5 Å². The third-order valence-electron chi connectivity index (χ3n) is 6.25. The van der Waals surface area contributed by atoms with E-state index >= 15 is 0 Å². The van der Waals surface area contributed by atoms with Crippen LogP contribution >= 0.6 is 22.9 Å². The SMILES string of the molecule is C[C@@H](C(=O)Nc1sc2c(c1C(N)=O)CCC2)N1CCN(CC(=O)Nc2ccccc2Cl)CC1. The van der Waals surface area contributed by atoms with Gasteiger partial charge in [-0.1, -0.05) is 23.7 Å². The molecular weight excluding hydrogens is 462 g/mol. The highest BCUT2D eigenvalue weighted by Gasteiger charge is 2.30. The Hall–Kier alpha value is -2.46. The normalized spacial score (nSPS) is 17.4. The van der Waals surface area contributed by atoms with Crippen molar-refractivity contribution in [3.8, 4) is 0 Å². The van der Waals surface area contributed by atoms with Crippen molar-refractivity contribution in [1.82, 2.24) is 9.80 Å². The molecule has 8 nitrogen and oxygen atoms in total. The number of nitrogens with two attached hydrogens (primary N) is 1. The molecule has 176 valence electrons. The van der Waals surface area contributed by atoms with Gasteiger partial charge in [-0.05, 0) is 43.9 Å². The van der Waals surface area contributed by atoms with Gasteiger partial charge in [-0.2, -0.15) is 0 Å². The lowest BCUT2D eigenvalue weighted by Crippen LogP contribution is -2.53. The van der Waals surface area contributed by atoms with Gasteiger partial charge in [0.2, 0.25) is 11.8 Å². The number of nitrogens with one attached hydrogen (secondary N) is 2. The topological polar surface area (TPSA) is 108 Å². The van der Waals surface area contributed by atoms with Crippen molar-refractivity contribution in [2.45, 2.75) is 32.2 Å². The summed E-state index contributed by atoms with van der Waals surface area (Å²) in [6.07, 6.45) is 2.78. The molecule has 33 heavy (non-hydrogen) atoms. The van der Waals surface area contributed by atoms with E-state index in [1.165, 1.54) is 11.3 Å². The largest absolute Gasteiger partial charge is 0.365 e. The van der Waals surface area contributed by atoms with Crippen LogP contribution in [0.2, 0.25) is 5.02 Å². The molecule has 0 radical (unpaired) electrons. The number of halogens is 1. The maximum Gasteiger partial charge on any atom is 0.251 e. The Labute approximate surface area is 202 Å². The van der Waals surface area contributed by atoms with E-state index in [0.717, 1.165) is 29.7 Å². The first-order valence-electron chi connectivity index (χ1n) is 11.1. The zero-order valence-electron chi connectivity index (χ0n) is 18.5. The summed E-state index contributed by atoms with van der Waals surface area (Å²) >= 11 is 7.57. The number of fused-ring (bicyclic) bond motifs is 1. The van der Waals surface area contributed by atoms with Gasteiger partial charge in [0.15, 0.2) is 0 Å². The number of benzene rings is 1. The standard InChI is InChI=1S/C23H28ClN5O3S/c1-14(22(32)27-23-20(21(25)31)15-5-4-8-18(15)33-23)29-11-9-28(10-12-29)13-19(30)26-17-7-3-2-6-16(17)24/h2-3,6-7,14H,4-5,8-13H2,1H3,(H2,25,31)(H,26,30)(H,27,32)/t14-/m0/s1. The van der Waals surface area contributed by atoms with Crippen LogP contribution in [0.1, 0.15) is 34.1 Å². The average Bonchev–Trinajstić information content (AvgIpc) is 3.36. The van der Waals surface area contributed by atoms with Crippen LogP contribution in [-0.4, -0.2) is 66.3 Å². The third-order valence-corrected chi connectivity index (χ3v) is 7.79. The van der Waals surface area contributed by atoms with Gasteiger partial charge in [-0.25, -0.2) is 0 Å². The number of anilines is 2. The number of carbonyl (C=O) groups excluding carboxylic acids is 3. The molecule has 1 aromatic heterocycles. The molecule has 3 amide bonds. The Balaban J connectivity index is 1.28. The summed E-state index contributed by atoms with van der Waals surface area (Å²) in [7, 11) is 0. The molecule has 1 fully saturated rings.